The number of rotatable bonds is 3. The van der Waals surface area contributed by atoms with Crippen molar-refractivity contribution < 1.29 is 19.1 Å². The van der Waals surface area contributed by atoms with Crippen LogP contribution in [0.25, 0.3) is 0 Å². The van der Waals surface area contributed by atoms with E-state index in [0.29, 0.717) is 62.6 Å². The first kappa shape index (κ1) is 26.6. The molecular formula is C27H38N6O4. The second-order valence-corrected chi connectivity index (χ2v) is 10.2. The molecule has 4 rings (SSSR count). The Labute approximate surface area is 218 Å². The summed E-state index contributed by atoms with van der Waals surface area (Å²) in [6.07, 6.45) is 3.91. The van der Waals surface area contributed by atoms with Gasteiger partial charge in [-0.2, -0.15) is 5.10 Å². The number of hydrogen-bond acceptors (Lipinski definition) is 6. The molecule has 1 atom stereocenters. The minimum atomic E-state index is -0.531. The first-order chi connectivity index (χ1) is 17.8. The quantitative estimate of drug-likeness (QED) is 0.655. The summed E-state index contributed by atoms with van der Waals surface area (Å²) in [6, 6.07) is 6.94. The third kappa shape index (κ3) is 6.47. The first-order valence-electron chi connectivity index (χ1n) is 13.2. The van der Waals surface area contributed by atoms with Gasteiger partial charge in [0.05, 0.1) is 23.6 Å². The van der Waals surface area contributed by atoms with E-state index in [9.17, 15) is 14.4 Å². The van der Waals surface area contributed by atoms with Gasteiger partial charge in [-0.05, 0) is 58.6 Å². The molecule has 3 amide bonds. The summed E-state index contributed by atoms with van der Waals surface area (Å²) in [7, 11) is 0. The lowest BCUT2D eigenvalue weighted by Crippen LogP contribution is -2.52. The molecule has 0 saturated carbocycles. The Morgan fingerprint density at radius 3 is 2.62 bits per heavy atom. The number of piperidine rings is 1. The van der Waals surface area contributed by atoms with Crippen LogP contribution in [0.4, 0.5) is 0 Å². The Kier molecular flexibility index (Phi) is 8.45. The van der Waals surface area contributed by atoms with Gasteiger partial charge in [0, 0.05) is 26.1 Å². The summed E-state index contributed by atoms with van der Waals surface area (Å²) >= 11 is 0. The molecule has 1 fully saturated rings. The zero-order valence-electron chi connectivity index (χ0n) is 22.1. The molecule has 200 valence electrons. The van der Waals surface area contributed by atoms with Crippen molar-refractivity contribution in [2.45, 2.75) is 71.9 Å². The Morgan fingerprint density at radius 1 is 1.14 bits per heavy atom. The SMILES string of the molecule is Cc1nc(C)n(CCC(=O)N2CCC3(CCCCNC(=O)c4ccccc4OC[C@@H](C)NC3=O)CC2)n1. The lowest BCUT2D eigenvalue weighted by Gasteiger charge is -2.41. The van der Waals surface area contributed by atoms with Gasteiger partial charge in [0.25, 0.3) is 5.91 Å². The number of amides is 3. The van der Waals surface area contributed by atoms with Crippen LogP contribution >= 0.6 is 0 Å². The Hall–Kier alpha value is -3.43. The van der Waals surface area contributed by atoms with E-state index in [1.807, 2.05) is 37.8 Å². The van der Waals surface area contributed by atoms with Crippen LogP contribution in [0.15, 0.2) is 24.3 Å². The molecule has 2 N–H and O–H groups in total. The number of hydrogen-bond donors (Lipinski definition) is 2. The predicted molar refractivity (Wildman–Crippen MR) is 138 cm³/mol. The number of benzene rings is 1. The predicted octanol–water partition coefficient (Wildman–Crippen LogP) is 2.39. The van der Waals surface area contributed by atoms with E-state index in [1.165, 1.54) is 0 Å². The highest BCUT2D eigenvalue weighted by molar-refractivity contribution is 5.96. The van der Waals surface area contributed by atoms with Crippen molar-refractivity contribution >= 4 is 17.7 Å². The molecule has 3 heterocycles. The van der Waals surface area contributed by atoms with Crippen molar-refractivity contribution in [3.8, 4) is 5.75 Å². The number of nitrogens with zero attached hydrogens (tertiary/aromatic N) is 4. The fourth-order valence-corrected chi connectivity index (χ4v) is 5.21. The molecule has 1 spiro atoms. The Balaban J connectivity index is 1.38. The lowest BCUT2D eigenvalue weighted by atomic mass is 9.73. The number of nitrogens with one attached hydrogen (secondary N) is 2. The minimum Gasteiger partial charge on any atom is -0.491 e. The van der Waals surface area contributed by atoms with Crippen LogP contribution in [-0.2, 0) is 16.1 Å². The maximum absolute atomic E-state index is 13.5. The molecule has 2 aliphatic heterocycles. The largest absolute Gasteiger partial charge is 0.491 e. The number of ether oxygens (including phenoxy) is 1. The average Bonchev–Trinajstić information content (AvgIpc) is 3.22. The van der Waals surface area contributed by atoms with E-state index in [1.54, 1.807) is 16.8 Å². The number of likely N-dealkylation sites (tertiary alicyclic amines) is 1. The van der Waals surface area contributed by atoms with E-state index in [0.717, 1.165) is 25.1 Å². The number of para-hydroxylation sites is 1. The van der Waals surface area contributed by atoms with Crippen molar-refractivity contribution in [3.05, 3.63) is 41.5 Å². The van der Waals surface area contributed by atoms with Crippen molar-refractivity contribution in [3.63, 3.8) is 0 Å². The van der Waals surface area contributed by atoms with Crippen molar-refractivity contribution in [1.82, 2.24) is 30.3 Å². The van der Waals surface area contributed by atoms with Gasteiger partial charge in [0.1, 0.15) is 24.0 Å². The smallest absolute Gasteiger partial charge is 0.255 e. The van der Waals surface area contributed by atoms with Gasteiger partial charge in [0.15, 0.2) is 0 Å². The van der Waals surface area contributed by atoms with Gasteiger partial charge >= 0.3 is 0 Å². The van der Waals surface area contributed by atoms with Crippen molar-refractivity contribution in [2.24, 2.45) is 5.41 Å². The molecule has 0 aliphatic carbocycles. The monoisotopic (exact) mass is 510 g/mol. The first-order valence-corrected chi connectivity index (χ1v) is 13.2. The third-order valence-electron chi connectivity index (χ3n) is 7.42. The highest BCUT2D eigenvalue weighted by Gasteiger charge is 2.42. The van der Waals surface area contributed by atoms with Gasteiger partial charge in [-0.3, -0.25) is 14.4 Å². The van der Waals surface area contributed by atoms with Crippen LogP contribution in [0, 0.1) is 19.3 Å². The molecule has 10 nitrogen and oxygen atoms in total. The van der Waals surface area contributed by atoms with Crippen LogP contribution in [0.2, 0.25) is 0 Å². The second-order valence-electron chi connectivity index (χ2n) is 10.2. The topological polar surface area (TPSA) is 118 Å². The van der Waals surface area contributed by atoms with E-state index in [4.69, 9.17) is 4.74 Å². The number of aromatic nitrogens is 3. The minimum absolute atomic E-state index is 0.0267. The van der Waals surface area contributed by atoms with Gasteiger partial charge in [-0.25, -0.2) is 9.67 Å². The fraction of sp³-hybridized carbons (Fsp3) is 0.593. The maximum atomic E-state index is 13.5. The zero-order chi connectivity index (χ0) is 26.4. The molecule has 1 aromatic heterocycles. The van der Waals surface area contributed by atoms with Crippen LogP contribution in [-0.4, -0.2) is 69.7 Å². The fourth-order valence-electron chi connectivity index (χ4n) is 5.21. The number of carbonyl (C=O) groups is 3. The molecule has 0 radical (unpaired) electrons. The summed E-state index contributed by atoms with van der Waals surface area (Å²) in [4.78, 5) is 45.3. The number of fused-ring (bicyclic) bond motifs is 1. The van der Waals surface area contributed by atoms with E-state index >= 15 is 0 Å². The number of aryl methyl sites for hydroxylation is 3. The van der Waals surface area contributed by atoms with Crippen LogP contribution in [0.3, 0.4) is 0 Å². The summed E-state index contributed by atoms with van der Waals surface area (Å²) in [5, 5.41) is 10.5. The van der Waals surface area contributed by atoms with Gasteiger partial charge in [-0.15, -0.1) is 0 Å². The third-order valence-corrected chi connectivity index (χ3v) is 7.42. The van der Waals surface area contributed by atoms with Crippen LogP contribution in [0.5, 0.6) is 5.75 Å². The molecular weight excluding hydrogens is 472 g/mol. The summed E-state index contributed by atoms with van der Waals surface area (Å²) in [5.74, 6) is 1.97. The van der Waals surface area contributed by atoms with E-state index in [2.05, 4.69) is 20.7 Å². The zero-order valence-corrected chi connectivity index (χ0v) is 22.1. The molecule has 10 heteroatoms. The molecule has 0 unspecified atom stereocenters. The molecule has 37 heavy (non-hydrogen) atoms. The second kappa shape index (κ2) is 11.7. The highest BCUT2D eigenvalue weighted by atomic mass is 16.5. The van der Waals surface area contributed by atoms with Crippen molar-refractivity contribution in [1.29, 1.82) is 0 Å². The molecule has 2 aromatic rings. The standard InChI is InChI=1S/C27H38N6O4/c1-19-18-37-23-9-5-4-8-22(23)25(35)28-14-7-6-11-27(26(36)29-19)12-16-32(17-13-27)24(34)10-15-33-21(3)30-20(2)31-33/h4-5,8-9,19H,6-7,10-18H2,1-3H3,(H,28,35)(H,29,36)/t19-/m1/s1. The normalized spacial score (nSPS) is 20.8. The summed E-state index contributed by atoms with van der Waals surface area (Å²) in [5.41, 5.74) is -0.0304. The molecule has 1 aromatic carbocycles. The van der Waals surface area contributed by atoms with Crippen LogP contribution in [0.1, 0.15) is 67.5 Å². The van der Waals surface area contributed by atoms with Gasteiger partial charge in [-0.1, -0.05) is 18.6 Å². The summed E-state index contributed by atoms with van der Waals surface area (Å²) in [6.45, 7) is 8.04. The van der Waals surface area contributed by atoms with E-state index in [-0.39, 0.29) is 30.4 Å². The molecule has 0 bridgehead atoms. The average molecular weight is 511 g/mol. The van der Waals surface area contributed by atoms with Crippen LogP contribution < -0.4 is 15.4 Å². The highest BCUT2D eigenvalue weighted by Crippen LogP contribution is 2.37. The molecule has 1 saturated heterocycles. The summed E-state index contributed by atoms with van der Waals surface area (Å²) < 4.78 is 7.69. The number of carbonyl (C=O) groups excluding carboxylic acids is 3. The Morgan fingerprint density at radius 2 is 1.89 bits per heavy atom. The van der Waals surface area contributed by atoms with Gasteiger partial charge < -0.3 is 20.3 Å². The van der Waals surface area contributed by atoms with Gasteiger partial charge in [0.2, 0.25) is 11.8 Å². The lowest BCUT2D eigenvalue weighted by molar-refractivity contribution is -0.141. The maximum Gasteiger partial charge on any atom is 0.255 e. The van der Waals surface area contributed by atoms with Crippen molar-refractivity contribution in [2.75, 3.05) is 26.2 Å². The molecule has 2 aliphatic rings. The van der Waals surface area contributed by atoms with E-state index < -0.39 is 5.41 Å². The Bertz CT molecular complexity index is 1120.